The number of fused-ring (bicyclic) bond motifs is 1. The van der Waals surface area contributed by atoms with E-state index in [0.717, 1.165) is 39.3 Å². The highest BCUT2D eigenvalue weighted by Gasteiger charge is 2.26. The van der Waals surface area contributed by atoms with Crippen molar-refractivity contribution in [2.75, 3.05) is 18.9 Å². The lowest BCUT2D eigenvalue weighted by atomic mass is 10.0. The minimum absolute atomic E-state index is 0.0989. The van der Waals surface area contributed by atoms with Gasteiger partial charge in [-0.15, -0.1) is 11.3 Å². The maximum Gasteiger partial charge on any atom is 0.223 e. The number of aldehydes is 1. The Hall–Kier alpha value is -3.70. The summed E-state index contributed by atoms with van der Waals surface area (Å²) in [5.74, 6) is 0.263. The number of amides is 1. The Balaban J connectivity index is 0.000000316. The molecular weight excluding hydrogens is 448 g/mol. The van der Waals surface area contributed by atoms with Crippen LogP contribution in [0, 0.1) is 11.3 Å². The number of anilines is 1. The zero-order valence-corrected chi connectivity index (χ0v) is 20.2. The van der Waals surface area contributed by atoms with Crippen molar-refractivity contribution in [2.45, 2.75) is 38.6 Å². The average Bonchev–Trinajstić information content (AvgIpc) is 3.23. The molecule has 2 N–H and O–H groups in total. The molecule has 0 spiro atoms. The Labute approximate surface area is 204 Å². The van der Waals surface area contributed by atoms with Crippen molar-refractivity contribution in [1.82, 2.24) is 9.88 Å². The molecule has 0 saturated carbocycles. The molecule has 3 rings (SSSR count). The summed E-state index contributed by atoms with van der Waals surface area (Å²) in [5.41, 5.74) is 3.50. The molecule has 1 aliphatic heterocycles. The van der Waals surface area contributed by atoms with Gasteiger partial charge in [0.25, 0.3) is 0 Å². The number of rotatable bonds is 9. The van der Waals surface area contributed by atoms with Crippen LogP contribution >= 0.6 is 11.3 Å². The molecule has 178 valence electrons. The van der Waals surface area contributed by atoms with E-state index in [9.17, 15) is 14.9 Å². The molecule has 0 fully saturated rings. The third-order valence-electron chi connectivity index (χ3n) is 5.30. The van der Waals surface area contributed by atoms with Gasteiger partial charge in [0.05, 0.1) is 12.1 Å². The number of hydrogen-bond donors (Lipinski definition) is 2. The van der Waals surface area contributed by atoms with E-state index in [4.69, 9.17) is 5.11 Å². The number of allylic oxidation sites excluding steroid dienone is 3. The van der Waals surface area contributed by atoms with E-state index in [0.29, 0.717) is 44.3 Å². The van der Waals surface area contributed by atoms with Crippen LogP contribution in [0.1, 0.15) is 40.8 Å². The predicted molar refractivity (Wildman–Crippen MR) is 136 cm³/mol. The van der Waals surface area contributed by atoms with Crippen LogP contribution in [0.15, 0.2) is 61.2 Å². The Bertz CT molecular complexity index is 1080. The predicted octanol–water partition coefficient (Wildman–Crippen LogP) is 4.72. The molecule has 2 aromatic rings. The van der Waals surface area contributed by atoms with Gasteiger partial charge in [0.2, 0.25) is 5.91 Å². The largest absolute Gasteiger partial charge is 0.508 e. The zero-order valence-electron chi connectivity index (χ0n) is 19.4. The molecule has 0 saturated heterocycles. The Morgan fingerprint density at radius 1 is 1.44 bits per heavy atom. The lowest BCUT2D eigenvalue weighted by molar-refractivity contribution is -0.132. The summed E-state index contributed by atoms with van der Waals surface area (Å²) in [5, 5.41) is 22.4. The lowest BCUT2D eigenvalue weighted by Gasteiger charge is -2.27. The van der Waals surface area contributed by atoms with E-state index in [1.54, 1.807) is 23.7 Å². The van der Waals surface area contributed by atoms with Gasteiger partial charge in [-0.2, -0.15) is 5.26 Å². The van der Waals surface area contributed by atoms with Gasteiger partial charge in [-0.1, -0.05) is 25.3 Å². The molecule has 8 heteroatoms. The van der Waals surface area contributed by atoms with Crippen molar-refractivity contribution in [3.05, 3.63) is 82.7 Å². The fourth-order valence-corrected chi connectivity index (χ4v) is 4.62. The van der Waals surface area contributed by atoms with Crippen molar-refractivity contribution >= 4 is 28.5 Å². The van der Waals surface area contributed by atoms with Gasteiger partial charge in [-0.3, -0.25) is 9.78 Å². The van der Waals surface area contributed by atoms with Crippen LogP contribution in [0.5, 0.6) is 0 Å². The van der Waals surface area contributed by atoms with Gasteiger partial charge in [-0.25, -0.2) is 0 Å². The minimum Gasteiger partial charge on any atom is -0.508 e. The number of nitriles is 1. The van der Waals surface area contributed by atoms with Gasteiger partial charge < -0.3 is 20.1 Å². The van der Waals surface area contributed by atoms with Crippen molar-refractivity contribution in [1.29, 1.82) is 5.26 Å². The fraction of sp³-hybridized carbons (Fsp3) is 0.308. The third kappa shape index (κ3) is 7.42. The van der Waals surface area contributed by atoms with Crippen molar-refractivity contribution in [3.8, 4) is 6.07 Å². The standard InChI is InChI=1S/C17H18N4OS.C9H12O2/c1-19-17-14(9-18)13-6-8-21(11-15(13)23-17)16(22)5-4-12-3-2-7-20-10-12;1-3-5-9(11)8(2)6-4-7-10/h2-3,7,10,19H,4-6,8,11H2,1H3;3,5,7,11H,1-2,4,6H2/b;9-5+. The molecule has 1 aliphatic rings. The molecule has 0 bridgehead atoms. The average molecular weight is 479 g/mol. The number of pyridine rings is 1. The fourth-order valence-electron chi connectivity index (χ4n) is 3.46. The van der Waals surface area contributed by atoms with Gasteiger partial charge in [0.1, 0.15) is 23.1 Å². The normalized spacial score (nSPS) is 12.5. The second-order valence-corrected chi connectivity index (χ2v) is 8.70. The first-order valence-electron chi connectivity index (χ1n) is 11.0. The molecule has 7 nitrogen and oxygen atoms in total. The first kappa shape index (κ1) is 26.6. The third-order valence-corrected chi connectivity index (χ3v) is 6.53. The van der Waals surface area contributed by atoms with Crippen LogP contribution in [-0.2, 0) is 29.0 Å². The summed E-state index contributed by atoms with van der Waals surface area (Å²) in [7, 11) is 1.83. The van der Waals surface area contributed by atoms with Gasteiger partial charge in [-0.05, 0) is 48.1 Å². The van der Waals surface area contributed by atoms with Crippen molar-refractivity contribution < 1.29 is 14.7 Å². The van der Waals surface area contributed by atoms with Crippen LogP contribution in [0.3, 0.4) is 0 Å². The number of aliphatic hydroxyl groups excluding tert-OH is 1. The molecule has 3 heterocycles. The number of nitrogens with one attached hydrogen (secondary N) is 1. The summed E-state index contributed by atoms with van der Waals surface area (Å²) in [6, 6.07) is 6.17. The summed E-state index contributed by atoms with van der Waals surface area (Å²) >= 11 is 1.58. The number of aromatic nitrogens is 1. The smallest absolute Gasteiger partial charge is 0.223 e. The second kappa shape index (κ2) is 13.8. The molecule has 0 aliphatic carbocycles. The van der Waals surface area contributed by atoms with Crippen LogP contribution in [0.25, 0.3) is 0 Å². The summed E-state index contributed by atoms with van der Waals surface area (Å²) in [4.78, 5) is 29.5. The summed E-state index contributed by atoms with van der Waals surface area (Å²) in [6.07, 6.45) is 10.1. The van der Waals surface area contributed by atoms with E-state index in [2.05, 4.69) is 29.5 Å². The monoisotopic (exact) mass is 478 g/mol. The van der Waals surface area contributed by atoms with E-state index in [1.165, 1.54) is 12.2 Å². The number of nitrogens with zero attached hydrogens (tertiary/aromatic N) is 3. The highest BCUT2D eigenvalue weighted by atomic mass is 32.1. The Morgan fingerprint density at radius 3 is 2.85 bits per heavy atom. The van der Waals surface area contributed by atoms with Crippen molar-refractivity contribution in [3.63, 3.8) is 0 Å². The highest BCUT2D eigenvalue weighted by Crippen LogP contribution is 2.36. The number of carbonyl (C=O) groups excluding carboxylic acids is 2. The molecule has 34 heavy (non-hydrogen) atoms. The first-order valence-corrected chi connectivity index (χ1v) is 11.8. The first-order chi connectivity index (χ1) is 16.4. The van der Waals surface area contributed by atoms with E-state index >= 15 is 0 Å². The van der Waals surface area contributed by atoms with Crippen molar-refractivity contribution in [2.24, 2.45) is 0 Å². The van der Waals surface area contributed by atoms with Crippen LogP contribution < -0.4 is 5.32 Å². The van der Waals surface area contributed by atoms with E-state index in [1.807, 2.05) is 24.1 Å². The maximum atomic E-state index is 12.4. The van der Waals surface area contributed by atoms with E-state index in [-0.39, 0.29) is 11.7 Å². The molecule has 2 aromatic heterocycles. The lowest BCUT2D eigenvalue weighted by Crippen LogP contribution is -2.35. The number of hydrogen-bond acceptors (Lipinski definition) is 7. The Morgan fingerprint density at radius 2 is 2.24 bits per heavy atom. The Kier molecular flexibility index (Phi) is 10.7. The number of thiophene rings is 1. The molecule has 0 atom stereocenters. The quantitative estimate of drug-likeness (QED) is 0.307. The SMILES string of the molecule is C=C/C=C(/O)C(=C)CCC=O.CNc1sc2c(c1C#N)CCN(C(=O)CCc1cccnc1)C2. The van der Waals surface area contributed by atoms with E-state index < -0.39 is 0 Å². The summed E-state index contributed by atoms with van der Waals surface area (Å²) < 4.78 is 0. The van der Waals surface area contributed by atoms with Gasteiger partial charge in [0, 0.05) is 43.7 Å². The van der Waals surface area contributed by atoms with Gasteiger partial charge >= 0.3 is 0 Å². The number of aryl methyl sites for hydroxylation is 1. The number of carbonyl (C=O) groups is 2. The van der Waals surface area contributed by atoms with Crippen LogP contribution in [0.4, 0.5) is 5.00 Å². The molecule has 1 amide bonds. The zero-order chi connectivity index (χ0) is 24.9. The molecule has 0 unspecified atom stereocenters. The molecule has 0 aromatic carbocycles. The number of aliphatic hydroxyl groups is 1. The topological polar surface area (TPSA) is 106 Å². The second-order valence-electron chi connectivity index (χ2n) is 7.59. The van der Waals surface area contributed by atoms with Gasteiger partial charge in [0.15, 0.2) is 0 Å². The molecular formula is C26H30N4O3S. The summed E-state index contributed by atoms with van der Waals surface area (Å²) in [6.45, 7) is 8.30. The molecule has 0 radical (unpaired) electrons. The highest BCUT2D eigenvalue weighted by molar-refractivity contribution is 7.16. The maximum absolute atomic E-state index is 12.4. The van der Waals surface area contributed by atoms with Crippen LogP contribution in [-0.4, -0.2) is 40.8 Å². The minimum atomic E-state index is 0.0989. The van der Waals surface area contributed by atoms with Crippen LogP contribution in [0.2, 0.25) is 0 Å².